The smallest absolute Gasteiger partial charge is 0.238 e. The molecular weight excluding hydrogens is 438 g/mol. The molecule has 1 saturated carbocycles. The third-order valence-corrected chi connectivity index (χ3v) is 6.29. The largest absolute Gasteiger partial charge is 0.492 e. The quantitative estimate of drug-likeness (QED) is 0.538. The van der Waals surface area contributed by atoms with Crippen molar-refractivity contribution in [2.24, 2.45) is 0 Å². The Morgan fingerprint density at radius 2 is 1.82 bits per heavy atom. The van der Waals surface area contributed by atoms with Crippen LogP contribution in [0.2, 0.25) is 0 Å². The molecule has 1 saturated heterocycles. The summed E-state index contributed by atoms with van der Waals surface area (Å²) in [5.41, 5.74) is 1.10. The first-order valence-electron chi connectivity index (χ1n) is 12.2. The molecule has 34 heavy (non-hydrogen) atoms. The van der Waals surface area contributed by atoms with Gasteiger partial charge in [0.05, 0.1) is 49.9 Å². The van der Waals surface area contributed by atoms with Gasteiger partial charge in [-0.05, 0) is 26.7 Å². The summed E-state index contributed by atoms with van der Waals surface area (Å²) in [6, 6.07) is 3.80. The number of nitrogens with one attached hydrogen (secondary N) is 2. The fourth-order valence-electron chi connectivity index (χ4n) is 4.64. The van der Waals surface area contributed by atoms with Gasteiger partial charge in [0, 0.05) is 32.1 Å². The van der Waals surface area contributed by atoms with Gasteiger partial charge >= 0.3 is 0 Å². The summed E-state index contributed by atoms with van der Waals surface area (Å²) < 4.78 is 22.5. The number of aromatic nitrogens is 2. The maximum absolute atomic E-state index is 13.0. The molecule has 0 spiro atoms. The van der Waals surface area contributed by atoms with Crippen LogP contribution < -0.4 is 25.0 Å². The molecule has 4 rings (SSSR count). The van der Waals surface area contributed by atoms with Crippen molar-refractivity contribution >= 4 is 17.3 Å². The number of nitrogens with zero attached hydrogens (tertiary/aromatic N) is 3. The lowest BCUT2D eigenvalue weighted by Gasteiger charge is -2.31. The fraction of sp³-hybridized carbons (Fsp3) is 0.625. The van der Waals surface area contributed by atoms with Crippen molar-refractivity contribution in [3.63, 3.8) is 0 Å². The second-order valence-electron chi connectivity index (χ2n) is 8.61. The van der Waals surface area contributed by atoms with Gasteiger partial charge < -0.3 is 29.0 Å². The molecule has 10 nitrogen and oxygen atoms in total. The molecule has 0 atom stereocenters. The van der Waals surface area contributed by atoms with Gasteiger partial charge in [0.25, 0.3) is 0 Å². The summed E-state index contributed by atoms with van der Waals surface area (Å²) in [5, 5.41) is 10.5. The molecular formula is C24H35N5O5. The average molecular weight is 474 g/mol. The van der Waals surface area contributed by atoms with Crippen LogP contribution in [0.5, 0.6) is 11.5 Å². The number of ether oxygens (including phenoxy) is 3. The summed E-state index contributed by atoms with van der Waals surface area (Å²) in [4.78, 5) is 19.7. The Balaban J connectivity index is 1.51. The first-order chi connectivity index (χ1) is 16.5. The van der Waals surface area contributed by atoms with Gasteiger partial charge in [0.1, 0.15) is 11.5 Å². The molecule has 1 aromatic carbocycles. The van der Waals surface area contributed by atoms with Gasteiger partial charge in [-0.25, -0.2) is 0 Å². The second-order valence-corrected chi connectivity index (χ2v) is 8.61. The monoisotopic (exact) mass is 473 g/mol. The molecule has 10 heteroatoms. The van der Waals surface area contributed by atoms with Gasteiger partial charge in [-0.15, -0.1) is 0 Å². The Morgan fingerprint density at radius 3 is 2.47 bits per heavy atom. The minimum absolute atomic E-state index is 0.119. The van der Waals surface area contributed by atoms with E-state index in [4.69, 9.17) is 18.7 Å². The third kappa shape index (κ3) is 5.44. The minimum atomic E-state index is -0.436. The zero-order chi connectivity index (χ0) is 24.0. The topological polar surface area (TPSA) is 111 Å². The number of aryl methyl sites for hydroxylation is 1. The summed E-state index contributed by atoms with van der Waals surface area (Å²) in [5.74, 6) is 2.31. The Hall–Kier alpha value is -2.85. The molecule has 1 aliphatic heterocycles. The van der Waals surface area contributed by atoms with Crippen molar-refractivity contribution < 1.29 is 23.5 Å². The van der Waals surface area contributed by atoms with Crippen LogP contribution in [0.15, 0.2) is 16.7 Å². The third-order valence-electron chi connectivity index (χ3n) is 6.29. The highest BCUT2D eigenvalue weighted by Gasteiger charge is 2.39. The standard InChI is InChI=1S/C24H35N5O5/c1-4-32-20-15-19(29-10-12-31-13-11-29)21(33-5-2)14-18(20)27-22(30)16-25-24(8-6-7-9-24)23-26-17(3)34-28-23/h14-15,25H,4-13,16H2,1-3H3,(H,27,30). The highest BCUT2D eigenvalue weighted by molar-refractivity contribution is 5.94. The zero-order valence-corrected chi connectivity index (χ0v) is 20.3. The maximum Gasteiger partial charge on any atom is 0.238 e. The number of carbonyl (C=O) groups is 1. The molecule has 1 amide bonds. The Labute approximate surface area is 200 Å². The minimum Gasteiger partial charge on any atom is -0.492 e. The molecule has 1 aromatic heterocycles. The number of amides is 1. The average Bonchev–Trinajstić information content (AvgIpc) is 3.50. The molecule has 0 bridgehead atoms. The van der Waals surface area contributed by atoms with E-state index in [1.54, 1.807) is 6.92 Å². The number of benzene rings is 1. The second kappa shape index (κ2) is 11.1. The number of hydrogen-bond acceptors (Lipinski definition) is 9. The van der Waals surface area contributed by atoms with Crippen LogP contribution in [0.4, 0.5) is 11.4 Å². The lowest BCUT2D eigenvalue weighted by Crippen LogP contribution is -2.44. The van der Waals surface area contributed by atoms with Gasteiger partial charge in [0.2, 0.25) is 11.8 Å². The lowest BCUT2D eigenvalue weighted by atomic mass is 9.96. The van der Waals surface area contributed by atoms with Gasteiger partial charge in [-0.3, -0.25) is 10.1 Å². The van der Waals surface area contributed by atoms with Crippen molar-refractivity contribution in [3.05, 3.63) is 23.8 Å². The van der Waals surface area contributed by atoms with Crippen LogP contribution in [-0.4, -0.2) is 62.1 Å². The molecule has 1 aliphatic carbocycles. The van der Waals surface area contributed by atoms with Crippen molar-refractivity contribution in [2.45, 2.75) is 52.0 Å². The van der Waals surface area contributed by atoms with E-state index in [0.29, 0.717) is 55.3 Å². The van der Waals surface area contributed by atoms with E-state index in [1.165, 1.54) is 0 Å². The molecule has 2 aliphatic rings. The van der Waals surface area contributed by atoms with Crippen molar-refractivity contribution in [1.82, 2.24) is 15.5 Å². The predicted octanol–water partition coefficient (Wildman–Crippen LogP) is 3.01. The molecule has 2 N–H and O–H groups in total. The molecule has 2 aromatic rings. The SMILES string of the molecule is CCOc1cc(N2CCOCC2)c(OCC)cc1NC(=O)CNC1(c2noc(C)n2)CCCC1. The number of morpholine rings is 1. The van der Waals surface area contributed by atoms with Crippen molar-refractivity contribution in [3.8, 4) is 11.5 Å². The van der Waals surface area contributed by atoms with E-state index in [-0.39, 0.29) is 12.5 Å². The van der Waals surface area contributed by atoms with Crippen LogP contribution in [0.3, 0.4) is 0 Å². The number of hydrogen-bond donors (Lipinski definition) is 2. The van der Waals surface area contributed by atoms with Crippen molar-refractivity contribution in [1.29, 1.82) is 0 Å². The highest BCUT2D eigenvalue weighted by atomic mass is 16.5. The Morgan fingerprint density at radius 1 is 1.12 bits per heavy atom. The van der Waals surface area contributed by atoms with Crippen LogP contribution in [0, 0.1) is 6.92 Å². The van der Waals surface area contributed by atoms with Crippen LogP contribution in [0.1, 0.15) is 51.2 Å². The first kappa shape index (κ1) is 24.3. The highest BCUT2D eigenvalue weighted by Crippen LogP contribution is 2.40. The van der Waals surface area contributed by atoms with Crippen LogP contribution in [-0.2, 0) is 15.1 Å². The summed E-state index contributed by atoms with van der Waals surface area (Å²) in [6.45, 7) is 9.66. The summed E-state index contributed by atoms with van der Waals surface area (Å²) >= 11 is 0. The fourth-order valence-corrected chi connectivity index (χ4v) is 4.64. The summed E-state index contributed by atoms with van der Waals surface area (Å²) in [7, 11) is 0. The Bertz CT molecular complexity index is 967. The first-order valence-corrected chi connectivity index (χ1v) is 12.2. The normalized spacial score (nSPS) is 17.6. The lowest BCUT2D eigenvalue weighted by molar-refractivity contribution is -0.115. The molecule has 0 radical (unpaired) electrons. The van der Waals surface area contributed by atoms with E-state index in [0.717, 1.165) is 44.5 Å². The van der Waals surface area contributed by atoms with Gasteiger partial charge in [-0.1, -0.05) is 18.0 Å². The number of carbonyl (C=O) groups excluding carboxylic acids is 1. The maximum atomic E-state index is 13.0. The van der Waals surface area contributed by atoms with E-state index in [2.05, 4.69) is 25.7 Å². The van der Waals surface area contributed by atoms with E-state index in [9.17, 15) is 4.79 Å². The molecule has 2 fully saturated rings. The van der Waals surface area contributed by atoms with Gasteiger partial charge in [-0.2, -0.15) is 4.98 Å². The van der Waals surface area contributed by atoms with Crippen LogP contribution in [0.25, 0.3) is 0 Å². The van der Waals surface area contributed by atoms with Crippen molar-refractivity contribution in [2.75, 3.05) is 56.3 Å². The molecule has 0 unspecified atom stereocenters. The van der Waals surface area contributed by atoms with E-state index < -0.39 is 5.54 Å². The molecule has 186 valence electrons. The van der Waals surface area contributed by atoms with E-state index in [1.807, 2.05) is 26.0 Å². The predicted molar refractivity (Wildman–Crippen MR) is 128 cm³/mol. The van der Waals surface area contributed by atoms with Gasteiger partial charge in [0.15, 0.2) is 5.82 Å². The van der Waals surface area contributed by atoms with Crippen LogP contribution >= 0.6 is 0 Å². The zero-order valence-electron chi connectivity index (χ0n) is 20.3. The van der Waals surface area contributed by atoms with E-state index >= 15 is 0 Å². The number of rotatable bonds is 10. The Kier molecular flexibility index (Phi) is 7.89. The summed E-state index contributed by atoms with van der Waals surface area (Å²) in [6.07, 6.45) is 3.84. The number of anilines is 2. The molecule has 2 heterocycles.